The first-order valence-corrected chi connectivity index (χ1v) is 6.30. The lowest BCUT2D eigenvalue weighted by atomic mass is 10.1. The van der Waals surface area contributed by atoms with Crippen LogP contribution in [0.15, 0.2) is 29.6 Å². The van der Waals surface area contributed by atoms with Crippen LogP contribution < -0.4 is 4.74 Å². The van der Waals surface area contributed by atoms with Crippen molar-refractivity contribution < 1.29 is 9.53 Å². The lowest BCUT2D eigenvalue weighted by molar-refractivity contribution is 0.112. The third-order valence-corrected chi connectivity index (χ3v) is 3.65. The number of aryl methyl sites for hydroxylation is 1. The summed E-state index contributed by atoms with van der Waals surface area (Å²) in [6, 6.07) is 7.89. The smallest absolute Gasteiger partial charge is 0.160 e. The number of hydrogen-bond acceptors (Lipinski definition) is 3. The molecule has 0 amide bonds. The van der Waals surface area contributed by atoms with Gasteiger partial charge in [-0.2, -0.15) is 0 Å². The molecular weight excluding hydrogens is 232 g/mol. The molecule has 0 fully saturated rings. The Bertz CT molecular complexity index is 529. The van der Waals surface area contributed by atoms with Gasteiger partial charge in [-0.05, 0) is 42.5 Å². The van der Waals surface area contributed by atoms with E-state index in [1.54, 1.807) is 0 Å². The van der Waals surface area contributed by atoms with Crippen molar-refractivity contribution in [3.63, 3.8) is 0 Å². The summed E-state index contributed by atoms with van der Waals surface area (Å²) >= 11 is 1.44. The minimum atomic E-state index is 0.509. The predicted octanol–water partition coefficient (Wildman–Crippen LogP) is 3.76. The highest BCUT2D eigenvalue weighted by molar-refractivity contribution is 7.11. The summed E-state index contributed by atoms with van der Waals surface area (Å²) in [5.41, 5.74) is 3.43. The molecule has 0 radical (unpaired) electrons. The van der Waals surface area contributed by atoms with Crippen molar-refractivity contribution >= 4 is 17.6 Å². The van der Waals surface area contributed by atoms with Gasteiger partial charge in [0.15, 0.2) is 6.29 Å². The van der Waals surface area contributed by atoms with E-state index in [-0.39, 0.29) is 0 Å². The highest BCUT2D eigenvalue weighted by Gasteiger charge is 2.03. The number of carbonyl (C=O) groups excluding carboxylic acids is 1. The maximum atomic E-state index is 10.6. The third-order valence-electron chi connectivity index (χ3n) is 2.74. The summed E-state index contributed by atoms with van der Waals surface area (Å²) in [5.74, 6) is 0.906. The fourth-order valence-corrected chi connectivity index (χ4v) is 2.27. The van der Waals surface area contributed by atoms with Crippen molar-refractivity contribution in [3.8, 4) is 5.75 Å². The quantitative estimate of drug-likeness (QED) is 0.768. The first kappa shape index (κ1) is 11.9. The molecule has 0 saturated heterocycles. The molecule has 0 spiro atoms. The van der Waals surface area contributed by atoms with Crippen LogP contribution in [0, 0.1) is 13.8 Å². The van der Waals surface area contributed by atoms with Crippen LogP contribution in [-0.4, -0.2) is 6.29 Å². The normalized spacial score (nSPS) is 10.2. The van der Waals surface area contributed by atoms with Crippen LogP contribution >= 0.6 is 11.3 Å². The summed E-state index contributed by atoms with van der Waals surface area (Å²) in [7, 11) is 0. The van der Waals surface area contributed by atoms with E-state index >= 15 is 0 Å². The number of ether oxygens (including phenoxy) is 1. The van der Waals surface area contributed by atoms with Crippen molar-refractivity contribution in [3.05, 3.63) is 51.2 Å². The number of hydrogen-bond donors (Lipinski definition) is 0. The van der Waals surface area contributed by atoms with Crippen molar-refractivity contribution in [2.45, 2.75) is 20.5 Å². The number of rotatable bonds is 4. The molecule has 17 heavy (non-hydrogen) atoms. The molecule has 2 aromatic rings. The topological polar surface area (TPSA) is 26.3 Å². The molecular formula is C14H14O2S. The van der Waals surface area contributed by atoms with Crippen LogP contribution in [0.1, 0.15) is 26.4 Å². The van der Waals surface area contributed by atoms with E-state index in [4.69, 9.17) is 4.74 Å². The Morgan fingerprint density at radius 1 is 1.35 bits per heavy atom. The number of benzene rings is 1. The van der Waals surface area contributed by atoms with Crippen LogP contribution in [0.4, 0.5) is 0 Å². The van der Waals surface area contributed by atoms with Gasteiger partial charge in [-0.15, -0.1) is 11.3 Å². The lowest BCUT2D eigenvalue weighted by Gasteiger charge is -2.09. The summed E-state index contributed by atoms with van der Waals surface area (Å²) in [6.07, 6.45) is 0.867. The van der Waals surface area contributed by atoms with E-state index in [0.29, 0.717) is 6.61 Å². The largest absolute Gasteiger partial charge is 0.489 e. The minimum absolute atomic E-state index is 0.509. The maximum Gasteiger partial charge on any atom is 0.160 e. The zero-order valence-electron chi connectivity index (χ0n) is 9.90. The number of carbonyl (C=O) groups is 1. The summed E-state index contributed by atoms with van der Waals surface area (Å²) < 4.78 is 5.75. The van der Waals surface area contributed by atoms with Gasteiger partial charge in [-0.3, -0.25) is 4.79 Å². The lowest BCUT2D eigenvalue weighted by Crippen LogP contribution is -1.96. The van der Waals surface area contributed by atoms with Crippen molar-refractivity contribution in [2.75, 3.05) is 0 Å². The van der Waals surface area contributed by atoms with Gasteiger partial charge in [0.2, 0.25) is 0 Å². The van der Waals surface area contributed by atoms with Gasteiger partial charge in [0, 0.05) is 5.56 Å². The monoisotopic (exact) mass is 246 g/mol. The molecule has 1 aromatic carbocycles. The van der Waals surface area contributed by atoms with Gasteiger partial charge in [0.1, 0.15) is 12.4 Å². The summed E-state index contributed by atoms with van der Waals surface area (Å²) in [6.45, 7) is 4.63. The second kappa shape index (κ2) is 5.15. The molecule has 0 bridgehead atoms. The molecule has 88 valence electrons. The van der Waals surface area contributed by atoms with Crippen LogP contribution in [0.3, 0.4) is 0 Å². The van der Waals surface area contributed by atoms with Crippen LogP contribution in [0.5, 0.6) is 5.75 Å². The van der Waals surface area contributed by atoms with E-state index in [0.717, 1.165) is 22.5 Å². The summed E-state index contributed by atoms with van der Waals surface area (Å²) in [4.78, 5) is 11.3. The Labute approximate surface area is 105 Å². The average molecular weight is 246 g/mol. The predicted molar refractivity (Wildman–Crippen MR) is 70.0 cm³/mol. The van der Waals surface area contributed by atoms with E-state index in [2.05, 4.69) is 19.9 Å². The van der Waals surface area contributed by atoms with Crippen LogP contribution in [0.25, 0.3) is 0 Å². The Morgan fingerprint density at radius 3 is 2.88 bits per heavy atom. The molecule has 1 aromatic heterocycles. The van der Waals surface area contributed by atoms with Crippen molar-refractivity contribution in [2.24, 2.45) is 0 Å². The molecule has 2 rings (SSSR count). The number of aldehydes is 1. The maximum absolute atomic E-state index is 10.6. The highest BCUT2D eigenvalue weighted by atomic mass is 32.1. The Kier molecular flexibility index (Phi) is 3.59. The van der Waals surface area contributed by atoms with Gasteiger partial charge >= 0.3 is 0 Å². The van der Waals surface area contributed by atoms with Gasteiger partial charge in [0.25, 0.3) is 0 Å². The van der Waals surface area contributed by atoms with Crippen LogP contribution in [-0.2, 0) is 6.61 Å². The minimum Gasteiger partial charge on any atom is -0.489 e. The van der Waals surface area contributed by atoms with Gasteiger partial charge < -0.3 is 4.74 Å². The molecule has 0 atom stereocenters. The molecule has 0 unspecified atom stereocenters. The summed E-state index contributed by atoms with van der Waals surface area (Å²) in [5, 5.41) is 1.95. The molecule has 0 aliphatic carbocycles. The molecule has 0 aliphatic rings. The highest BCUT2D eigenvalue weighted by Crippen LogP contribution is 2.22. The van der Waals surface area contributed by atoms with Crippen LogP contribution in [0.2, 0.25) is 0 Å². The second-order valence-electron chi connectivity index (χ2n) is 3.96. The fourth-order valence-electron chi connectivity index (χ4n) is 1.57. The Balaban J connectivity index is 2.07. The number of thiophene rings is 1. The van der Waals surface area contributed by atoms with E-state index < -0.39 is 0 Å². The molecule has 0 saturated carbocycles. The molecule has 1 heterocycles. The fraction of sp³-hybridized carbons (Fsp3) is 0.214. The molecule has 0 N–H and O–H groups in total. The molecule has 2 nitrogen and oxygen atoms in total. The van der Waals surface area contributed by atoms with Gasteiger partial charge in [-0.1, -0.05) is 12.1 Å². The van der Waals surface area contributed by atoms with Crippen molar-refractivity contribution in [1.29, 1.82) is 0 Å². The Hall–Kier alpha value is -1.61. The van der Waals surface area contributed by atoms with Crippen molar-refractivity contribution in [1.82, 2.24) is 0 Å². The average Bonchev–Trinajstić information content (AvgIpc) is 2.79. The van der Waals surface area contributed by atoms with E-state index in [1.807, 2.05) is 23.6 Å². The molecule has 0 aliphatic heterocycles. The zero-order chi connectivity index (χ0) is 12.3. The first-order valence-electron chi connectivity index (χ1n) is 5.42. The molecule has 3 heteroatoms. The SMILES string of the molecule is Cc1cccc(OCc2csc(C=O)c2)c1C. The van der Waals surface area contributed by atoms with E-state index in [9.17, 15) is 4.79 Å². The van der Waals surface area contributed by atoms with Gasteiger partial charge in [-0.25, -0.2) is 0 Å². The third kappa shape index (κ3) is 2.74. The zero-order valence-corrected chi connectivity index (χ0v) is 10.7. The second-order valence-corrected chi connectivity index (χ2v) is 4.90. The van der Waals surface area contributed by atoms with Gasteiger partial charge in [0.05, 0.1) is 4.88 Å². The van der Waals surface area contributed by atoms with E-state index in [1.165, 1.54) is 22.5 Å². The first-order chi connectivity index (χ1) is 8.20. The Morgan fingerprint density at radius 2 is 2.18 bits per heavy atom. The standard InChI is InChI=1S/C14H14O2S/c1-10-4-3-5-14(11(10)2)16-8-12-6-13(7-15)17-9-12/h3-7,9H,8H2,1-2H3.